The van der Waals surface area contributed by atoms with Gasteiger partial charge in [-0.15, -0.1) is 0 Å². The molecule has 0 N–H and O–H groups in total. The normalized spacial score (nSPS) is 10.7. The summed E-state index contributed by atoms with van der Waals surface area (Å²) in [6, 6.07) is 17.6. The number of carbonyl (C=O) groups excluding carboxylic acids is 1. The molecule has 32 heavy (non-hydrogen) atoms. The fourth-order valence-electron chi connectivity index (χ4n) is 3.28. The third-order valence-electron chi connectivity index (χ3n) is 4.89. The van der Waals surface area contributed by atoms with Gasteiger partial charge >= 0.3 is 0 Å². The van der Waals surface area contributed by atoms with E-state index >= 15 is 0 Å². The van der Waals surface area contributed by atoms with Crippen molar-refractivity contribution >= 4 is 17.5 Å². The van der Waals surface area contributed by atoms with E-state index in [1.54, 1.807) is 67.8 Å². The molecule has 164 valence electrons. The van der Waals surface area contributed by atoms with Crippen molar-refractivity contribution in [2.75, 3.05) is 14.2 Å². The summed E-state index contributed by atoms with van der Waals surface area (Å²) in [5.74, 6) is 2.27. The summed E-state index contributed by atoms with van der Waals surface area (Å²) in [6.07, 6.45) is 1.57. The van der Waals surface area contributed by atoms with Crippen LogP contribution in [0.3, 0.4) is 0 Å². The van der Waals surface area contributed by atoms with Crippen LogP contribution in [0.5, 0.6) is 11.5 Å². The summed E-state index contributed by atoms with van der Waals surface area (Å²) in [5.41, 5.74) is 1.84. The van der Waals surface area contributed by atoms with E-state index in [9.17, 15) is 4.79 Å². The average molecular weight is 453 g/mol. The first kappa shape index (κ1) is 21.5. The third-order valence-corrected chi connectivity index (χ3v) is 5.14. The summed E-state index contributed by atoms with van der Waals surface area (Å²) in [7, 11) is 3.16. The molecule has 2 aromatic carbocycles. The van der Waals surface area contributed by atoms with Crippen LogP contribution in [0.2, 0.25) is 5.02 Å². The molecule has 0 spiro atoms. The van der Waals surface area contributed by atoms with Crippen molar-refractivity contribution in [3.05, 3.63) is 89.0 Å². The first-order valence-corrected chi connectivity index (χ1v) is 10.2. The van der Waals surface area contributed by atoms with Gasteiger partial charge in [0.15, 0.2) is 5.76 Å². The van der Waals surface area contributed by atoms with E-state index in [1.807, 2.05) is 18.2 Å². The average Bonchev–Trinajstić information content (AvgIpc) is 3.50. The smallest absolute Gasteiger partial charge is 0.254 e. The zero-order valence-corrected chi connectivity index (χ0v) is 18.3. The Labute approximate surface area is 190 Å². The van der Waals surface area contributed by atoms with Crippen molar-refractivity contribution in [2.45, 2.75) is 13.1 Å². The van der Waals surface area contributed by atoms with Crippen LogP contribution in [0.15, 0.2) is 75.9 Å². The van der Waals surface area contributed by atoms with Gasteiger partial charge in [-0.25, -0.2) is 0 Å². The molecule has 0 radical (unpaired) electrons. The molecule has 0 fully saturated rings. The van der Waals surface area contributed by atoms with Gasteiger partial charge in [0.05, 0.1) is 39.1 Å². The largest absolute Gasteiger partial charge is 0.497 e. The second-order valence-corrected chi connectivity index (χ2v) is 7.43. The van der Waals surface area contributed by atoms with E-state index < -0.39 is 0 Å². The van der Waals surface area contributed by atoms with Crippen LogP contribution >= 0.6 is 11.6 Å². The first-order chi connectivity index (χ1) is 15.6. The minimum absolute atomic E-state index is 0.176. The summed E-state index contributed by atoms with van der Waals surface area (Å²) in [6.45, 7) is 0.507. The number of halogens is 1. The van der Waals surface area contributed by atoms with Crippen LogP contribution in [0, 0.1) is 0 Å². The lowest BCUT2D eigenvalue weighted by Gasteiger charge is -2.20. The van der Waals surface area contributed by atoms with E-state index in [1.165, 1.54) is 0 Å². The van der Waals surface area contributed by atoms with Crippen molar-refractivity contribution in [1.29, 1.82) is 0 Å². The van der Waals surface area contributed by atoms with Gasteiger partial charge in [-0.3, -0.25) is 4.79 Å². The maximum Gasteiger partial charge on any atom is 0.254 e. The van der Waals surface area contributed by atoms with Gasteiger partial charge < -0.3 is 23.3 Å². The molecule has 0 atom stereocenters. The summed E-state index contributed by atoms with van der Waals surface area (Å²) in [4.78, 5) is 14.8. The molecule has 0 unspecified atom stereocenters. The third kappa shape index (κ3) is 4.78. The maximum absolute atomic E-state index is 13.2. The van der Waals surface area contributed by atoms with Gasteiger partial charge in [0.1, 0.15) is 23.0 Å². The number of hydrogen-bond donors (Lipinski definition) is 0. The molecule has 0 saturated heterocycles. The van der Waals surface area contributed by atoms with Gasteiger partial charge in [-0.2, -0.15) is 0 Å². The molecule has 4 rings (SSSR count). The molecular formula is C24H21ClN2O5. The Bertz CT molecular complexity index is 1190. The summed E-state index contributed by atoms with van der Waals surface area (Å²) in [5, 5.41) is 4.73. The molecular weight excluding hydrogens is 432 g/mol. The zero-order valence-electron chi connectivity index (χ0n) is 17.6. The Kier molecular flexibility index (Phi) is 6.47. The van der Waals surface area contributed by atoms with E-state index in [0.717, 1.165) is 5.56 Å². The molecule has 1 amide bonds. The van der Waals surface area contributed by atoms with Gasteiger partial charge in [0.2, 0.25) is 0 Å². The van der Waals surface area contributed by atoms with Gasteiger partial charge in [-0.1, -0.05) is 16.8 Å². The quantitative estimate of drug-likeness (QED) is 0.354. The standard InChI is InChI=1S/C24H21ClN2O5/c1-29-19-9-10-21(22(13-19)30-2)23-12-18(26-32-23)14-27(15-20-4-3-11-31-20)24(28)16-5-7-17(25)8-6-16/h3-13H,14-15H2,1-2H3. The summed E-state index contributed by atoms with van der Waals surface area (Å²) >= 11 is 5.97. The number of aromatic nitrogens is 1. The topological polar surface area (TPSA) is 77.9 Å². The van der Waals surface area contributed by atoms with Crippen molar-refractivity contribution in [3.63, 3.8) is 0 Å². The highest BCUT2D eigenvalue weighted by molar-refractivity contribution is 6.30. The van der Waals surface area contributed by atoms with Crippen LogP contribution in [0.4, 0.5) is 0 Å². The van der Waals surface area contributed by atoms with Crippen molar-refractivity contribution in [1.82, 2.24) is 10.1 Å². The monoisotopic (exact) mass is 452 g/mol. The number of ether oxygens (including phenoxy) is 2. The van der Waals surface area contributed by atoms with E-state index in [4.69, 9.17) is 30.0 Å². The molecule has 0 bridgehead atoms. The number of rotatable bonds is 8. The highest BCUT2D eigenvalue weighted by atomic mass is 35.5. The van der Waals surface area contributed by atoms with Crippen LogP contribution in [-0.2, 0) is 13.1 Å². The Morgan fingerprint density at radius 1 is 1.03 bits per heavy atom. The van der Waals surface area contributed by atoms with Crippen LogP contribution in [-0.4, -0.2) is 30.2 Å². The molecule has 7 nitrogen and oxygen atoms in total. The van der Waals surface area contributed by atoms with Crippen molar-refractivity contribution < 1.29 is 23.2 Å². The van der Waals surface area contributed by atoms with Crippen LogP contribution in [0.25, 0.3) is 11.3 Å². The van der Waals surface area contributed by atoms with Crippen molar-refractivity contribution in [2.24, 2.45) is 0 Å². The number of hydrogen-bond acceptors (Lipinski definition) is 6. The predicted octanol–water partition coefficient (Wildman–Crippen LogP) is 5.45. The fourth-order valence-corrected chi connectivity index (χ4v) is 3.40. The number of furan rings is 1. The molecule has 2 heterocycles. The highest BCUT2D eigenvalue weighted by Crippen LogP contribution is 2.34. The number of nitrogens with zero attached hydrogens (tertiary/aromatic N) is 2. The Balaban J connectivity index is 1.60. The lowest BCUT2D eigenvalue weighted by molar-refractivity contribution is 0.0714. The van der Waals surface area contributed by atoms with Gasteiger partial charge in [0, 0.05) is 22.7 Å². The number of benzene rings is 2. The first-order valence-electron chi connectivity index (χ1n) is 9.82. The lowest BCUT2D eigenvalue weighted by Crippen LogP contribution is -2.30. The molecule has 2 aromatic heterocycles. The molecule has 0 aliphatic rings. The Morgan fingerprint density at radius 3 is 2.53 bits per heavy atom. The number of methoxy groups -OCH3 is 2. The Morgan fingerprint density at radius 2 is 1.84 bits per heavy atom. The predicted molar refractivity (Wildman–Crippen MR) is 119 cm³/mol. The van der Waals surface area contributed by atoms with Crippen LogP contribution in [0.1, 0.15) is 21.8 Å². The SMILES string of the molecule is COc1ccc(-c2cc(CN(Cc3ccco3)C(=O)c3ccc(Cl)cc3)no2)c(OC)c1. The van der Waals surface area contributed by atoms with E-state index in [-0.39, 0.29) is 19.0 Å². The minimum Gasteiger partial charge on any atom is -0.497 e. The second-order valence-electron chi connectivity index (χ2n) is 7.00. The van der Waals surface area contributed by atoms with Crippen LogP contribution < -0.4 is 9.47 Å². The highest BCUT2D eigenvalue weighted by Gasteiger charge is 2.21. The van der Waals surface area contributed by atoms with Gasteiger partial charge in [0.25, 0.3) is 5.91 Å². The molecule has 8 heteroatoms. The molecule has 4 aromatic rings. The zero-order chi connectivity index (χ0) is 22.5. The fraction of sp³-hybridized carbons (Fsp3) is 0.167. The lowest BCUT2D eigenvalue weighted by atomic mass is 10.1. The summed E-state index contributed by atoms with van der Waals surface area (Å²) < 4.78 is 21.7. The second kappa shape index (κ2) is 9.62. The minimum atomic E-state index is -0.176. The number of amides is 1. The number of carbonyl (C=O) groups is 1. The maximum atomic E-state index is 13.2. The molecule has 0 aliphatic carbocycles. The molecule has 0 aliphatic heterocycles. The van der Waals surface area contributed by atoms with E-state index in [0.29, 0.717) is 39.3 Å². The Hall–Kier alpha value is -3.71. The molecule has 0 saturated carbocycles. The van der Waals surface area contributed by atoms with E-state index in [2.05, 4.69) is 5.16 Å². The van der Waals surface area contributed by atoms with Gasteiger partial charge in [-0.05, 0) is 48.5 Å². The van der Waals surface area contributed by atoms with Crippen molar-refractivity contribution in [3.8, 4) is 22.8 Å².